The third kappa shape index (κ3) is 19.8. The van der Waals surface area contributed by atoms with Crippen LogP contribution < -0.4 is 0 Å². The molecule has 0 fully saturated rings. The summed E-state index contributed by atoms with van der Waals surface area (Å²) in [5.41, 5.74) is 0. The van der Waals surface area contributed by atoms with E-state index in [0.29, 0.717) is 19.8 Å². The Balaban J connectivity index is 3.20. The van der Waals surface area contributed by atoms with E-state index in [0.717, 1.165) is 19.1 Å². The number of carbonyl (C=O) groups is 1. The van der Waals surface area contributed by atoms with Crippen LogP contribution in [0.25, 0.3) is 0 Å². The van der Waals surface area contributed by atoms with Gasteiger partial charge in [0.2, 0.25) is 0 Å². The first kappa shape index (κ1) is 24.6. The molecule has 0 amide bonds. The minimum atomic E-state index is -0.259. The van der Waals surface area contributed by atoms with E-state index in [1.54, 1.807) is 0 Å². The third-order valence-corrected chi connectivity index (χ3v) is 4.70. The molecular formula is C22H43O3. The van der Waals surface area contributed by atoms with Crippen molar-refractivity contribution in [2.75, 3.05) is 19.8 Å². The summed E-state index contributed by atoms with van der Waals surface area (Å²) in [6, 6.07) is 0. The maximum Gasteiger partial charge on any atom is 0.148 e. The second-order valence-electron chi connectivity index (χ2n) is 7.04. The van der Waals surface area contributed by atoms with Crippen molar-refractivity contribution in [1.29, 1.82) is 0 Å². The molecule has 0 aromatic carbocycles. The summed E-state index contributed by atoms with van der Waals surface area (Å²) in [4.78, 5) is 11.0. The summed E-state index contributed by atoms with van der Waals surface area (Å²) in [5, 5.41) is 0. The average molecular weight is 356 g/mol. The van der Waals surface area contributed by atoms with Gasteiger partial charge in [-0.25, -0.2) is 0 Å². The zero-order valence-electron chi connectivity index (χ0n) is 16.8. The summed E-state index contributed by atoms with van der Waals surface area (Å²) in [7, 11) is 0. The molecule has 1 atom stereocenters. The summed E-state index contributed by atoms with van der Waals surface area (Å²) >= 11 is 0. The monoisotopic (exact) mass is 355 g/mol. The predicted molar refractivity (Wildman–Crippen MR) is 107 cm³/mol. The van der Waals surface area contributed by atoms with Crippen molar-refractivity contribution in [3.05, 3.63) is 6.92 Å². The SMILES string of the molecule is [CH2]COCCOC(C=O)CCCCCCCCCCCCCCCC. The number of unbranched alkanes of at least 4 members (excludes halogenated alkanes) is 13. The summed E-state index contributed by atoms with van der Waals surface area (Å²) < 4.78 is 10.6. The topological polar surface area (TPSA) is 35.5 Å². The first-order valence-electron chi connectivity index (χ1n) is 10.8. The maximum atomic E-state index is 11.0. The lowest BCUT2D eigenvalue weighted by molar-refractivity contribution is -0.119. The number of hydrogen-bond acceptors (Lipinski definition) is 3. The third-order valence-electron chi connectivity index (χ3n) is 4.70. The first-order chi connectivity index (χ1) is 12.3. The fourth-order valence-corrected chi connectivity index (χ4v) is 3.09. The number of aldehydes is 1. The summed E-state index contributed by atoms with van der Waals surface area (Å²) in [5.74, 6) is 0. The minimum absolute atomic E-state index is 0.259. The molecule has 3 heteroatoms. The highest BCUT2D eigenvalue weighted by molar-refractivity contribution is 5.55. The van der Waals surface area contributed by atoms with Gasteiger partial charge in [0.05, 0.1) is 13.2 Å². The second kappa shape index (κ2) is 21.6. The highest BCUT2D eigenvalue weighted by Crippen LogP contribution is 2.14. The molecule has 25 heavy (non-hydrogen) atoms. The van der Waals surface area contributed by atoms with Gasteiger partial charge in [-0.3, -0.25) is 0 Å². The van der Waals surface area contributed by atoms with E-state index in [4.69, 9.17) is 9.47 Å². The zero-order valence-corrected chi connectivity index (χ0v) is 16.8. The summed E-state index contributed by atoms with van der Waals surface area (Å²) in [6.07, 6.45) is 20.5. The van der Waals surface area contributed by atoms with Crippen molar-refractivity contribution in [3.8, 4) is 0 Å². The molecule has 0 aromatic heterocycles. The Morgan fingerprint density at radius 1 is 0.760 bits per heavy atom. The van der Waals surface area contributed by atoms with Gasteiger partial charge in [0, 0.05) is 6.61 Å². The van der Waals surface area contributed by atoms with Gasteiger partial charge >= 0.3 is 0 Å². The van der Waals surface area contributed by atoms with Crippen LogP contribution in [0, 0.1) is 6.92 Å². The van der Waals surface area contributed by atoms with Crippen LogP contribution in [-0.2, 0) is 14.3 Å². The molecular weight excluding hydrogens is 312 g/mol. The van der Waals surface area contributed by atoms with Crippen molar-refractivity contribution in [3.63, 3.8) is 0 Å². The maximum absolute atomic E-state index is 11.0. The number of hydrogen-bond donors (Lipinski definition) is 0. The average Bonchev–Trinajstić information content (AvgIpc) is 2.63. The van der Waals surface area contributed by atoms with E-state index in [-0.39, 0.29) is 6.10 Å². The van der Waals surface area contributed by atoms with Gasteiger partial charge < -0.3 is 14.3 Å². The van der Waals surface area contributed by atoms with Crippen molar-refractivity contribution < 1.29 is 14.3 Å². The molecule has 0 saturated carbocycles. The Hall–Kier alpha value is -0.410. The van der Waals surface area contributed by atoms with E-state index in [1.807, 2.05) is 0 Å². The Bertz CT molecular complexity index is 256. The van der Waals surface area contributed by atoms with Crippen LogP contribution in [0.2, 0.25) is 0 Å². The Kier molecular flexibility index (Phi) is 21.3. The molecule has 0 rings (SSSR count). The first-order valence-corrected chi connectivity index (χ1v) is 10.8. The molecule has 1 unspecified atom stereocenters. The lowest BCUT2D eigenvalue weighted by atomic mass is 10.0. The van der Waals surface area contributed by atoms with Gasteiger partial charge in [-0.2, -0.15) is 0 Å². The smallest absolute Gasteiger partial charge is 0.148 e. The van der Waals surface area contributed by atoms with E-state index in [9.17, 15) is 4.79 Å². The minimum Gasteiger partial charge on any atom is -0.379 e. The van der Waals surface area contributed by atoms with Crippen LogP contribution in [0.15, 0.2) is 0 Å². The van der Waals surface area contributed by atoms with Crippen LogP contribution in [0.1, 0.15) is 103 Å². The fourth-order valence-electron chi connectivity index (χ4n) is 3.09. The van der Waals surface area contributed by atoms with Crippen molar-refractivity contribution in [2.24, 2.45) is 0 Å². The molecule has 0 aliphatic heterocycles. The molecule has 0 saturated heterocycles. The quantitative estimate of drug-likeness (QED) is 0.179. The van der Waals surface area contributed by atoms with E-state index in [2.05, 4.69) is 13.8 Å². The van der Waals surface area contributed by atoms with Gasteiger partial charge in [0.25, 0.3) is 0 Å². The van der Waals surface area contributed by atoms with Crippen LogP contribution >= 0.6 is 0 Å². The summed E-state index contributed by atoms with van der Waals surface area (Å²) in [6.45, 7) is 7.33. The molecule has 0 spiro atoms. The van der Waals surface area contributed by atoms with Crippen LogP contribution in [0.4, 0.5) is 0 Å². The molecule has 0 N–H and O–H groups in total. The van der Waals surface area contributed by atoms with Gasteiger partial charge in [0.1, 0.15) is 12.4 Å². The molecule has 149 valence electrons. The standard InChI is InChI=1S/C22H43O3/c1-3-5-6-7-8-9-10-11-12-13-14-15-16-17-18-22(21-23)25-20-19-24-4-2/h21-22H,2-20H2,1H3. The fraction of sp³-hybridized carbons (Fsp3) is 0.909. The highest BCUT2D eigenvalue weighted by atomic mass is 16.5. The van der Waals surface area contributed by atoms with Gasteiger partial charge in [-0.1, -0.05) is 96.8 Å². The van der Waals surface area contributed by atoms with Crippen LogP contribution in [0.3, 0.4) is 0 Å². The molecule has 0 bridgehead atoms. The predicted octanol–water partition coefficient (Wildman–Crippen LogP) is 6.29. The zero-order chi connectivity index (χ0) is 18.4. The number of carbonyl (C=O) groups excluding carboxylic acids is 1. The van der Waals surface area contributed by atoms with Crippen LogP contribution in [-0.4, -0.2) is 32.2 Å². The second-order valence-corrected chi connectivity index (χ2v) is 7.04. The van der Waals surface area contributed by atoms with Gasteiger partial charge in [-0.15, -0.1) is 0 Å². The van der Waals surface area contributed by atoms with Crippen molar-refractivity contribution in [2.45, 2.75) is 109 Å². The Labute approximate surface area is 157 Å². The van der Waals surface area contributed by atoms with Crippen molar-refractivity contribution >= 4 is 6.29 Å². The van der Waals surface area contributed by atoms with Crippen molar-refractivity contribution in [1.82, 2.24) is 0 Å². The molecule has 1 radical (unpaired) electrons. The molecule has 0 aliphatic carbocycles. The lowest BCUT2D eigenvalue weighted by Crippen LogP contribution is -2.17. The largest absolute Gasteiger partial charge is 0.379 e. The van der Waals surface area contributed by atoms with Gasteiger partial charge in [-0.05, 0) is 13.3 Å². The van der Waals surface area contributed by atoms with Gasteiger partial charge in [0.15, 0.2) is 0 Å². The van der Waals surface area contributed by atoms with E-state index < -0.39 is 0 Å². The molecule has 0 aromatic rings. The van der Waals surface area contributed by atoms with Crippen LogP contribution in [0.5, 0.6) is 0 Å². The highest BCUT2D eigenvalue weighted by Gasteiger charge is 2.06. The Morgan fingerprint density at radius 2 is 1.24 bits per heavy atom. The Morgan fingerprint density at radius 3 is 1.68 bits per heavy atom. The normalized spacial score (nSPS) is 12.4. The van der Waals surface area contributed by atoms with E-state index >= 15 is 0 Å². The molecule has 3 nitrogen and oxygen atoms in total. The van der Waals surface area contributed by atoms with E-state index in [1.165, 1.54) is 83.5 Å². The molecule has 0 aliphatic rings. The molecule has 0 heterocycles. The number of rotatable bonds is 21. The number of ether oxygens (including phenoxy) is 2. The lowest BCUT2D eigenvalue weighted by Gasteiger charge is -2.11.